The lowest BCUT2D eigenvalue weighted by Gasteiger charge is -2.36. The number of likely N-dealkylation sites (tertiary alicyclic amines) is 1. The van der Waals surface area contributed by atoms with Crippen LogP contribution in [0.5, 0.6) is 5.75 Å². The van der Waals surface area contributed by atoms with Crippen molar-refractivity contribution in [2.24, 2.45) is 11.3 Å². The van der Waals surface area contributed by atoms with E-state index >= 15 is 0 Å². The normalized spacial score (nSPS) is 25.1. The van der Waals surface area contributed by atoms with Crippen molar-refractivity contribution >= 4 is 11.8 Å². The highest BCUT2D eigenvalue weighted by Crippen LogP contribution is 2.38. The number of nitrogens with zero attached hydrogens (tertiary/aromatic N) is 2. The minimum Gasteiger partial charge on any atom is -0.489 e. The number of hydrogen-bond acceptors (Lipinski definition) is 6. The van der Waals surface area contributed by atoms with Crippen molar-refractivity contribution < 1.29 is 14.3 Å². The number of nitrogens with one attached hydrogen (secondary N) is 1. The summed E-state index contributed by atoms with van der Waals surface area (Å²) in [5, 5.41) is 3.55. The first-order valence-corrected chi connectivity index (χ1v) is 12.1. The molecule has 6 nitrogen and oxygen atoms in total. The van der Waals surface area contributed by atoms with Crippen LogP contribution < -0.4 is 10.1 Å². The lowest BCUT2D eigenvalue weighted by Crippen LogP contribution is -2.43. The Hall–Kier alpha value is -1.82. The average Bonchev–Trinajstić information content (AvgIpc) is 2.74. The van der Waals surface area contributed by atoms with Crippen LogP contribution >= 0.6 is 0 Å². The van der Waals surface area contributed by atoms with Gasteiger partial charge in [0.15, 0.2) is 0 Å². The Bertz CT molecular complexity index is 678. The molecule has 1 saturated carbocycles. The van der Waals surface area contributed by atoms with Crippen LogP contribution in [0.4, 0.5) is 5.82 Å². The molecule has 31 heavy (non-hydrogen) atoms. The zero-order valence-corrected chi connectivity index (χ0v) is 19.9. The van der Waals surface area contributed by atoms with Gasteiger partial charge >= 0.3 is 5.97 Å². The summed E-state index contributed by atoms with van der Waals surface area (Å²) >= 11 is 0. The van der Waals surface area contributed by atoms with E-state index in [1.807, 2.05) is 25.3 Å². The van der Waals surface area contributed by atoms with Gasteiger partial charge in [-0.2, -0.15) is 0 Å². The molecule has 1 aromatic rings. The van der Waals surface area contributed by atoms with Gasteiger partial charge in [-0.15, -0.1) is 0 Å². The molecule has 1 aliphatic carbocycles. The summed E-state index contributed by atoms with van der Waals surface area (Å²) in [6.45, 7) is 12.1. The number of esters is 1. The molecule has 1 aliphatic heterocycles. The zero-order valence-electron chi connectivity index (χ0n) is 19.9. The van der Waals surface area contributed by atoms with Crippen molar-refractivity contribution in [1.82, 2.24) is 9.88 Å². The molecule has 3 rings (SSSR count). The van der Waals surface area contributed by atoms with Crippen LogP contribution in [0, 0.1) is 11.3 Å². The second kappa shape index (κ2) is 11.2. The van der Waals surface area contributed by atoms with E-state index in [1.165, 1.54) is 12.8 Å². The monoisotopic (exact) mass is 431 g/mol. The van der Waals surface area contributed by atoms with Crippen LogP contribution in [0.25, 0.3) is 0 Å². The summed E-state index contributed by atoms with van der Waals surface area (Å²) in [5.74, 6) is 2.44. The molecule has 2 aliphatic rings. The molecular weight excluding hydrogens is 390 g/mol. The van der Waals surface area contributed by atoms with Crippen molar-refractivity contribution in [1.29, 1.82) is 0 Å². The molecule has 1 saturated heterocycles. The Kier molecular flexibility index (Phi) is 8.58. The van der Waals surface area contributed by atoms with E-state index in [4.69, 9.17) is 9.47 Å². The van der Waals surface area contributed by atoms with Crippen LogP contribution in [0.3, 0.4) is 0 Å². The van der Waals surface area contributed by atoms with Crippen molar-refractivity contribution in [3.63, 3.8) is 0 Å². The molecule has 1 N–H and O–H groups in total. The number of piperidine rings is 1. The van der Waals surface area contributed by atoms with Gasteiger partial charge in [-0.3, -0.25) is 4.79 Å². The number of anilines is 1. The Morgan fingerprint density at radius 1 is 1.19 bits per heavy atom. The summed E-state index contributed by atoms with van der Waals surface area (Å²) in [7, 11) is 0. The Labute approximate surface area is 188 Å². The first kappa shape index (κ1) is 23.8. The van der Waals surface area contributed by atoms with Crippen LogP contribution in [0.1, 0.15) is 72.6 Å². The highest BCUT2D eigenvalue weighted by Gasteiger charge is 2.30. The molecule has 1 aromatic heterocycles. The van der Waals surface area contributed by atoms with Gasteiger partial charge in [-0.25, -0.2) is 4.98 Å². The predicted molar refractivity (Wildman–Crippen MR) is 124 cm³/mol. The van der Waals surface area contributed by atoms with Gasteiger partial charge in [0.25, 0.3) is 0 Å². The minimum atomic E-state index is -0.110. The van der Waals surface area contributed by atoms with E-state index in [0.29, 0.717) is 30.6 Å². The molecular formula is C25H41N3O3. The molecule has 174 valence electrons. The minimum absolute atomic E-state index is 0.110. The Morgan fingerprint density at radius 3 is 2.61 bits per heavy atom. The van der Waals surface area contributed by atoms with E-state index in [2.05, 4.69) is 36.0 Å². The third kappa shape index (κ3) is 7.67. The molecule has 1 unspecified atom stereocenters. The summed E-state index contributed by atoms with van der Waals surface area (Å²) in [6.07, 6.45) is 9.61. The van der Waals surface area contributed by atoms with Gasteiger partial charge in [0.05, 0.1) is 25.3 Å². The number of carbonyl (C=O) groups is 1. The smallest absolute Gasteiger partial charge is 0.307 e. The molecule has 2 heterocycles. The molecule has 0 radical (unpaired) electrons. The molecule has 0 bridgehead atoms. The fourth-order valence-electron chi connectivity index (χ4n) is 4.84. The summed E-state index contributed by atoms with van der Waals surface area (Å²) in [4.78, 5) is 18.5. The summed E-state index contributed by atoms with van der Waals surface area (Å²) < 4.78 is 11.2. The van der Waals surface area contributed by atoms with E-state index < -0.39 is 0 Å². The highest BCUT2D eigenvalue weighted by atomic mass is 16.5. The van der Waals surface area contributed by atoms with Gasteiger partial charge in [-0.1, -0.05) is 20.8 Å². The zero-order chi connectivity index (χ0) is 22.3. The number of pyridine rings is 1. The van der Waals surface area contributed by atoms with E-state index in [-0.39, 0.29) is 5.97 Å². The first-order valence-electron chi connectivity index (χ1n) is 12.1. The van der Waals surface area contributed by atoms with Crippen molar-refractivity contribution in [3.05, 3.63) is 18.3 Å². The van der Waals surface area contributed by atoms with Crippen molar-refractivity contribution in [2.45, 2.75) is 84.8 Å². The average molecular weight is 432 g/mol. The number of rotatable bonds is 8. The lowest BCUT2D eigenvalue weighted by atomic mass is 9.72. The van der Waals surface area contributed by atoms with Gasteiger partial charge in [0.1, 0.15) is 11.6 Å². The molecule has 1 atom stereocenters. The third-order valence-electron chi connectivity index (χ3n) is 6.73. The number of hydrogen-bond donors (Lipinski definition) is 1. The second-order valence-electron chi connectivity index (χ2n) is 10.2. The maximum atomic E-state index is 11.6. The largest absolute Gasteiger partial charge is 0.489 e. The molecule has 0 spiro atoms. The molecule has 2 fully saturated rings. The van der Waals surface area contributed by atoms with Crippen LogP contribution in [-0.4, -0.2) is 54.2 Å². The van der Waals surface area contributed by atoms with Gasteiger partial charge in [0.2, 0.25) is 0 Å². The van der Waals surface area contributed by atoms with Crippen LogP contribution in [-0.2, 0) is 9.53 Å². The SMILES string of the molecule is CCOC(=O)CCN1CCCC(Nc2ccc(OC3CCC(C(C)(C)C)CC3)cn2)C1. The first-order chi connectivity index (χ1) is 14.8. The second-order valence-corrected chi connectivity index (χ2v) is 10.2. The lowest BCUT2D eigenvalue weighted by molar-refractivity contribution is -0.143. The fraction of sp³-hybridized carbons (Fsp3) is 0.760. The standard InChI is InChI=1S/C25H41N3O3/c1-5-30-24(29)14-16-28-15-6-7-20(18-28)27-23-13-12-22(17-26-23)31-21-10-8-19(9-11-21)25(2,3)4/h12-13,17,19-21H,5-11,14-16,18H2,1-4H3,(H,26,27). The molecule has 0 amide bonds. The van der Waals surface area contributed by atoms with Crippen LogP contribution in [0.15, 0.2) is 18.3 Å². The van der Waals surface area contributed by atoms with E-state index in [1.54, 1.807) is 0 Å². The maximum absolute atomic E-state index is 11.6. The number of aromatic nitrogens is 1. The van der Waals surface area contributed by atoms with Crippen molar-refractivity contribution in [2.75, 3.05) is 31.6 Å². The van der Waals surface area contributed by atoms with E-state index in [0.717, 1.165) is 62.8 Å². The topological polar surface area (TPSA) is 63.7 Å². The molecule has 6 heteroatoms. The fourth-order valence-corrected chi connectivity index (χ4v) is 4.84. The summed E-state index contributed by atoms with van der Waals surface area (Å²) in [5.41, 5.74) is 0.396. The maximum Gasteiger partial charge on any atom is 0.307 e. The predicted octanol–water partition coefficient (Wildman–Crippen LogP) is 4.89. The number of ether oxygens (including phenoxy) is 2. The van der Waals surface area contributed by atoms with Gasteiger partial charge in [-0.05, 0) is 75.5 Å². The van der Waals surface area contributed by atoms with Gasteiger partial charge < -0.3 is 19.7 Å². The van der Waals surface area contributed by atoms with Crippen LogP contribution in [0.2, 0.25) is 0 Å². The number of carbonyl (C=O) groups excluding carboxylic acids is 1. The van der Waals surface area contributed by atoms with Crippen molar-refractivity contribution in [3.8, 4) is 5.75 Å². The third-order valence-corrected chi connectivity index (χ3v) is 6.73. The molecule has 0 aromatic carbocycles. The van der Waals surface area contributed by atoms with E-state index in [9.17, 15) is 4.79 Å². The highest BCUT2D eigenvalue weighted by molar-refractivity contribution is 5.69. The quantitative estimate of drug-likeness (QED) is 0.591. The Balaban J connectivity index is 1.41. The van der Waals surface area contributed by atoms with Gasteiger partial charge in [0, 0.05) is 19.1 Å². The Morgan fingerprint density at radius 2 is 1.97 bits per heavy atom. The summed E-state index contributed by atoms with van der Waals surface area (Å²) in [6, 6.07) is 4.41.